The lowest BCUT2D eigenvalue weighted by Crippen LogP contribution is -2.42. The third kappa shape index (κ3) is 5.48. The maximum absolute atomic E-state index is 12.9. The minimum Gasteiger partial charge on any atom is -0.352 e. The van der Waals surface area contributed by atoms with E-state index in [0.717, 1.165) is 11.1 Å². The van der Waals surface area contributed by atoms with Crippen molar-refractivity contribution in [2.75, 3.05) is 13.1 Å². The second-order valence-electron chi connectivity index (χ2n) is 6.56. The molecule has 0 atom stereocenters. The maximum atomic E-state index is 12.9. The third-order valence-corrected chi connectivity index (χ3v) is 4.68. The van der Waals surface area contributed by atoms with E-state index in [1.807, 2.05) is 12.1 Å². The van der Waals surface area contributed by atoms with Gasteiger partial charge in [0, 0.05) is 44.0 Å². The van der Waals surface area contributed by atoms with Crippen LogP contribution in [-0.2, 0) is 16.1 Å². The first-order valence-electron chi connectivity index (χ1n) is 9.01. The molecule has 140 valence electrons. The lowest BCUT2D eigenvalue weighted by Gasteiger charge is -2.30. The van der Waals surface area contributed by atoms with Crippen molar-refractivity contribution in [3.63, 3.8) is 0 Å². The molecule has 1 saturated heterocycles. The van der Waals surface area contributed by atoms with E-state index >= 15 is 0 Å². The number of carbonyl (C=O) groups is 2. The molecule has 0 radical (unpaired) electrons. The molecule has 2 amide bonds. The highest BCUT2D eigenvalue weighted by Crippen LogP contribution is 2.18. The van der Waals surface area contributed by atoms with E-state index in [1.54, 1.807) is 41.6 Å². The van der Waals surface area contributed by atoms with Gasteiger partial charge in [-0.3, -0.25) is 14.6 Å². The highest BCUT2D eigenvalue weighted by molar-refractivity contribution is 5.92. The highest BCUT2D eigenvalue weighted by Gasteiger charge is 2.26. The molecule has 1 aromatic heterocycles. The van der Waals surface area contributed by atoms with Crippen molar-refractivity contribution in [2.45, 2.75) is 19.4 Å². The molecular weight excluding hydrogens is 345 g/mol. The number of halogens is 1. The molecule has 0 bridgehead atoms. The molecule has 27 heavy (non-hydrogen) atoms. The Morgan fingerprint density at radius 3 is 2.44 bits per heavy atom. The summed E-state index contributed by atoms with van der Waals surface area (Å²) < 4.78 is 12.9. The zero-order valence-corrected chi connectivity index (χ0v) is 15.0. The van der Waals surface area contributed by atoms with Crippen LogP contribution < -0.4 is 5.32 Å². The predicted octanol–water partition coefficient (Wildman–Crippen LogP) is 2.79. The summed E-state index contributed by atoms with van der Waals surface area (Å²) in [6.45, 7) is 1.51. The standard InChI is InChI=1S/C21H22FN3O2/c22-19-4-1-17(2-5-19)15-24-21(27)18-9-13-25(14-10-18)20(26)6-3-16-7-11-23-12-8-16/h1-8,11-12,18H,9-10,13-15H2,(H,24,27). The van der Waals surface area contributed by atoms with Gasteiger partial charge in [0.2, 0.25) is 11.8 Å². The molecule has 1 fully saturated rings. The number of nitrogens with one attached hydrogen (secondary N) is 1. The number of carbonyl (C=O) groups excluding carboxylic acids is 2. The van der Waals surface area contributed by atoms with Crippen molar-refractivity contribution in [3.05, 3.63) is 71.8 Å². The number of benzene rings is 1. The van der Waals surface area contributed by atoms with E-state index in [0.29, 0.717) is 32.5 Å². The smallest absolute Gasteiger partial charge is 0.246 e. The van der Waals surface area contributed by atoms with Crippen molar-refractivity contribution < 1.29 is 14.0 Å². The van der Waals surface area contributed by atoms with Crippen molar-refractivity contribution >= 4 is 17.9 Å². The fourth-order valence-corrected chi connectivity index (χ4v) is 3.05. The monoisotopic (exact) mass is 367 g/mol. The summed E-state index contributed by atoms with van der Waals surface area (Å²) in [4.78, 5) is 30.3. The van der Waals surface area contributed by atoms with E-state index in [-0.39, 0.29) is 23.5 Å². The van der Waals surface area contributed by atoms with E-state index in [9.17, 15) is 14.0 Å². The van der Waals surface area contributed by atoms with Crippen LogP contribution in [0.1, 0.15) is 24.0 Å². The number of hydrogen-bond acceptors (Lipinski definition) is 3. The van der Waals surface area contributed by atoms with Gasteiger partial charge in [0.15, 0.2) is 0 Å². The number of rotatable bonds is 5. The van der Waals surface area contributed by atoms with Crippen LogP contribution in [0.4, 0.5) is 4.39 Å². The van der Waals surface area contributed by atoms with Crippen LogP contribution in [0, 0.1) is 11.7 Å². The van der Waals surface area contributed by atoms with Crippen LogP contribution in [0.5, 0.6) is 0 Å². The van der Waals surface area contributed by atoms with Crippen LogP contribution in [0.2, 0.25) is 0 Å². The largest absolute Gasteiger partial charge is 0.352 e. The molecule has 0 unspecified atom stereocenters. The summed E-state index contributed by atoms with van der Waals surface area (Å²) in [5, 5.41) is 2.89. The fraction of sp³-hybridized carbons (Fsp3) is 0.286. The average molecular weight is 367 g/mol. The SMILES string of the molecule is O=C(NCc1ccc(F)cc1)C1CCN(C(=O)C=Cc2ccncc2)CC1. The van der Waals surface area contributed by atoms with Crippen molar-refractivity contribution in [1.29, 1.82) is 0 Å². The van der Waals surface area contributed by atoms with E-state index in [2.05, 4.69) is 10.3 Å². The van der Waals surface area contributed by atoms with Gasteiger partial charge in [-0.15, -0.1) is 0 Å². The lowest BCUT2D eigenvalue weighted by molar-refractivity contribution is -0.132. The second kappa shape index (κ2) is 9.07. The van der Waals surface area contributed by atoms with Crippen molar-refractivity contribution in [1.82, 2.24) is 15.2 Å². The topological polar surface area (TPSA) is 62.3 Å². The maximum Gasteiger partial charge on any atom is 0.246 e. The van der Waals surface area contributed by atoms with E-state index in [1.165, 1.54) is 12.1 Å². The minimum absolute atomic E-state index is 0.0150. The summed E-state index contributed by atoms with van der Waals surface area (Å²) in [6.07, 6.45) is 7.98. The summed E-state index contributed by atoms with van der Waals surface area (Å²) >= 11 is 0. The Hall–Kier alpha value is -3.02. The summed E-state index contributed by atoms with van der Waals surface area (Å²) in [5.74, 6) is -0.450. The van der Waals surface area contributed by atoms with Crippen LogP contribution in [0.3, 0.4) is 0 Å². The zero-order chi connectivity index (χ0) is 19.1. The van der Waals surface area contributed by atoms with Gasteiger partial charge >= 0.3 is 0 Å². The Labute approximate surface area is 157 Å². The van der Waals surface area contributed by atoms with E-state index < -0.39 is 0 Å². The Balaban J connectivity index is 1.43. The zero-order valence-electron chi connectivity index (χ0n) is 15.0. The van der Waals surface area contributed by atoms with Gasteiger partial charge in [-0.2, -0.15) is 0 Å². The Kier molecular flexibility index (Phi) is 6.30. The normalized spacial score (nSPS) is 15.1. The molecule has 0 saturated carbocycles. The average Bonchev–Trinajstić information content (AvgIpc) is 2.72. The molecule has 1 aliphatic heterocycles. The highest BCUT2D eigenvalue weighted by atomic mass is 19.1. The predicted molar refractivity (Wildman–Crippen MR) is 101 cm³/mol. The summed E-state index contributed by atoms with van der Waals surface area (Å²) in [7, 11) is 0. The number of aromatic nitrogens is 1. The molecule has 0 aliphatic carbocycles. The third-order valence-electron chi connectivity index (χ3n) is 4.68. The minimum atomic E-state index is -0.292. The van der Waals surface area contributed by atoms with Crippen LogP contribution in [0.25, 0.3) is 6.08 Å². The number of piperidine rings is 1. The van der Waals surface area contributed by atoms with E-state index in [4.69, 9.17) is 0 Å². The molecule has 1 aromatic carbocycles. The number of nitrogens with zero attached hydrogens (tertiary/aromatic N) is 2. The first-order valence-corrected chi connectivity index (χ1v) is 9.01. The van der Waals surface area contributed by atoms with Crippen molar-refractivity contribution in [3.8, 4) is 0 Å². The molecule has 2 aromatic rings. The lowest BCUT2D eigenvalue weighted by atomic mass is 9.95. The number of amides is 2. The molecule has 3 rings (SSSR count). The van der Waals surface area contributed by atoms with Crippen molar-refractivity contribution in [2.24, 2.45) is 5.92 Å². The van der Waals surface area contributed by atoms with Gasteiger partial charge in [-0.1, -0.05) is 12.1 Å². The molecule has 0 spiro atoms. The number of likely N-dealkylation sites (tertiary alicyclic amines) is 1. The molecule has 1 aliphatic rings. The first-order chi connectivity index (χ1) is 13.1. The molecule has 1 N–H and O–H groups in total. The first kappa shape index (κ1) is 18.8. The summed E-state index contributed by atoms with van der Waals surface area (Å²) in [6, 6.07) is 9.75. The van der Waals surface area contributed by atoms with Crippen LogP contribution in [-0.4, -0.2) is 34.8 Å². The van der Waals surface area contributed by atoms with Crippen LogP contribution >= 0.6 is 0 Å². The molecule has 6 heteroatoms. The van der Waals surface area contributed by atoms with Gasteiger partial charge in [-0.25, -0.2) is 4.39 Å². The van der Waals surface area contributed by atoms with Gasteiger partial charge in [0.05, 0.1) is 0 Å². The molecule has 2 heterocycles. The van der Waals surface area contributed by atoms with Gasteiger partial charge in [-0.05, 0) is 54.3 Å². The Morgan fingerprint density at radius 1 is 1.11 bits per heavy atom. The van der Waals surface area contributed by atoms with Crippen LogP contribution in [0.15, 0.2) is 54.9 Å². The second-order valence-corrected chi connectivity index (χ2v) is 6.56. The quantitative estimate of drug-likeness (QED) is 0.827. The Morgan fingerprint density at radius 2 is 1.78 bits per heavy atom. The fourth-order valence-electron chi connectivity index (χ4n) is 3.05. The van der Waals surface area contributed by atoms with Gasteiger partial charge in [0.1, 0.15) is 5.82 Å². The molecule has 5 nitrogen and oxygen atoms in total. The number of hydrogen-bond donors (Lipinski definition) is 1. The molecular formula is C21H22FN3O2. The number of pyridine rings is 1. The van der Waals surface area contributed by atoms with Gasteiger partial charge in [0.25, 0.3) is 0 Å². The summed E-state index contributed by atoms with van der Waals surface area (Å²) in [5.41, 5.74) is 1.78. The Bertz CT molecular complexity index is 798. The van der Waals surface area contributed by atoms with Gasteiger partial charge < -0.3 is 10.2 Å².